The van der Waals surface area contributed by atoms with Crippen LogP contribution in [-0.4, -0.2) is 41.9 Å². The molecule has 1 aromatic rings. The van der Waals surface area contributed by atoms with Crippen LogP contribution in [0.1, 0.15) is 33.6 Å². The van der Waals surface area contributed by atoms with Crippen LogP contribution >= 0.6 is 0 Å². The molecular weight excluding hydrogens is 264 g/mol. The van der Waals surface area contributed by atoms with Gasteiger partial charge in [0.25, 0.3) is 11.6 Å². The number of esters is 1. The van der Waals surface area contributed by atoms with Crippen LogP contribution in [0.3, 0.4) is 0 Å². The van der Waals surface area contributed by atoms with Crippen LogP contribution in [0.25, 0.3) is 0 Å². The molecule has 7 nitrogen and oxygen atoms in total. The molecule has 106 valence electrons. The highest BCUT2D eigenvalue weighted by Gasteiger charge is 2.31. The molecule has 0 radical (unpaired) electrons. The molecule has 0 bridgehead atoms. The summed E-state index contributed by atoms with van der Waals surface area (Å²) in [7, 11) is 2.83. The van der Waals surface area contributed by atoms with Crippen LogP contribution in [0.15, 0.2) is 18.2 Å². The molecule has 0 heterocycles. The van der Waals surface area contributed by atoms with Gasteiger partial charge in [-0.25, -0.2) is 4.79 Å². The van der Waals surface area contributed by atoms with Crippen LogP contribution in [0.5, 0.6) is 0 Å². The number of rotatable bonds is 4. The number of hydrogen-bond donors (Lipinski definition) is 0. The molecule has 7 heteroatoms. The fraction of sp³-hybridized carbons (Fsp3) is 0.385. The first-order valence-corrected chi connectivity index (χ1v) is 6.09. The molecule has 1 fully saturated rings. The van der Waals surface area contributed by atoms with Crippen molar-refractivity contribution in [2.75, 3.05) is 14.2 Å². The summed E-state index contributed by atoms with van der Waals surface area (Å²) in [5.74, 6) is -1.04. The van der Waals surface area contributed by atoms with Crippen molar-refractivity contribution in [1.82, 2.24) is 4.90 Å². The lowest BCUT2D eigenvalue weighted by Crippen LogP contribution is -2.29. The molecule has 1 aliphatic carbocycles. The van der Waals surface area contributed by atoms with Gasteiger partial charge in [0, 0.05) is 30.8 Å². The second-order valence-corrected chi connectivity index (χ2v) is 4.66. The first-order valence-electron chi connectivity index (χ1n) is 6.09. The van der Waals surface area contributed by atoms with Crippen LogP contribution in [0.4, 0.5) is 5.69 Å². The zero-order chi connectivity index (χ0) is 14.9. The lowest BCUT2D eigenvalue weighted by atomic mass is 10.1. The quantitative estimate of drug-likeness (QED) is 0.474. The van der Waals surface area contributed by atoms with E-state index in [1.165, 1.54) is 19.2 Å². The number of carbonyl (C=O) groups is 2. The van der Waals surface area contributed by atoms with Crippen molar-refractivity contribution in [3.05, 3.63) is 39.4 Å². The van der Waals surface area contributed by atoms with E-state index in [4.69, 9.17) is 0 Å². The lowest BCUT2D eigenvalue weighted by molar-refractivity contribution is -0.384. The Morgan fingerprint density at radius 2 is 1.90 bits per heavy atom. The molecule has 20 heavy (non-hydrogen) atoms. The van der Waals surface area contributed by atoms with Gasteiger partial charge in [0.05, 0.1) is 17.6 Å². The highest BCUT2D eigenvalue weighted by Crippen LogP contribution is 2.28. The predicted molar refractivity (Wildman–Crippen MR) is 69.6 cm³/mol. The minimum Gasteiger partial charge on any atom is -0.465 e. The zero-order valence-electron chi connectivity index (χ0n) is 11.2. The van der Waals surface area contributed by atoms with Gasteiger partial charge in [0.1, 0.15) is 0 Å². The van der Waals surface area contributed by atoms with Crippen molar-refractivity contribution in [2.45, 2.75) is 18.9 Å². The number of nitro groups is 1. The zero-order valence-corrected chi connectivity index (χ0v) is 11.2. The summed E-state index contributed by atoms with van der Waals surface area (Å²) >= 11 is 0. The van der Waals surface area contributed by atoms with Gasteiger partial charge in [-0.05, 0) is 18.9 Å². The SMILES string of the molecule is COC(=O)c1cc(C(=O)N(C)C2CC2)cc([N+](=O)[O-])c1. The third-order valence-corrected chi connectivity index (χ3v) is 3.21. The van der Waals surface area contributed by atoms with E-state index in [9.17, 15) is 19.7 Å². The van der Waals surface area contributed by atoms with Gasteiger partial charge in [-0.15, -0.1) is 0 Å². The predicted octanol–water partition coefficient (Wildman–Crippen LogP) is 1.62. The number of carbonyl (C=O) groups excluding carboxylic acids is 2. The van der Waals surface area contributed by atoms with Crippen molar-refractivity contribution in [3.8, 4) is 0 Å². The maximum Gasteiger partial charge on any atom is 0.338 e. The van der Waals surface area contributed by atoms with E-state index in [0.717, 1.165) is 18.9 Å². The molecular formula is C13H14N2O5. The Labute approximate surface area is 115 Å². The Hall–Kier alpha value is -2.44. The molecule has 0 atom stereocenters. The van der Waals surface area contributed by atoms with Gasteiger partial charge in [-0.1, -0.05) is 0 Å². The number of ether oxygens (including phenoxy) is 1. The Kier molecular flexibility index (Phi) is 3.69. The Morgan fingerprint density at radius 1 is 1.30 bits per heavy atom. The summed E-state index contributed by atoms with van der Waals surface area (Å²) in [6.45, 7) is 0. The number of methoxy groups -OCH3 is 1. The summed E-state index contributed by atoms with van der Waals surface area (Å²) in [5, 5.41) is 10.9. The summed E-state index contributed by atoms with van der Waals surface area (Å²) < 4.78 is 4.54. The lowest BCUT2D eigenvalue weighted by Gasteiger charge is -2.16. The molecule has 1 aromatic carbocycles. The number of amides is 1. The molecule has 2 rings (SSSR count). The molecule has 0 aromatic heterocycles. The highest BCUT2D eigenvalue weighted by molar-refractivity contribution is 5.99. The van der Waals surface area contributed by atoms with Crippen molar-refractivity contribution < 1.29 is 19.2 Å². The topological polar surface area (TPSA) is 89.8 Å². The summed E-state index contributed by atoms with van der Waals surface area (Å²) in [4.78, 5) is 35.5. The van der Waals surface area contributed by atoms with E-state index >= 15 is 0 Å². The molecule has 1 aliphatic rings. The monoisotopic (exact) mass is 278 g/mol. The summed E-state index contributed by atoms with van der Waals surface area (Å²) in [5.41, 5.74) is -0.191. The first kappa shape index (κ1) is 14.0. The average molecular weight is 278 g/mol. The van der Waals surface area contributed by atoms with Gasteiger partial charge in [0.2, 0.25) is 0 Å². The van der Waals surface area contributed by atoms with Crippen LogP contribution < -0.4 is 0 Å². The second-order valence-electron chi connectivity index (χ2n) is 4.66. The van der Waals surface area contributed by atoms with Gasteiger partial charge >= 0.3 is 5.97 Å². The molecule has 0 spiro atoms. The van der Waals surface area contributed by atoms with E-state index in [2.05, 4.69) is 4.74 Å². The van der Waals surface area contributed by atoms with E-state index in [-0.39, 0.29) is 28.8 Å². The average Bonchev–Trinajstić information content (AvgIpc) is 3.28. The largest absolute Gasteiger partial charge is 0.465 e. The van der Waals surface area contributed by atoms with Gasteiger partial charge in [0.15, 0.2) is 0 Å². The van der Waals surface area contributed by atoms with Crippen molar-refractivity contribution in [1.29, 1.82) is 0 Å². The molecule has 0 N–H and O–H groups in total. The van der Waals surface area contributed by atoms with E-state index in [1.807, 2.05) is 0 Å². The Balaban J connectivity index is 2.40. The van der Waals surface area contributed by atoms with Gasteiger partial charge in [-0.3, -0.25) is 14.9 Å². The smallest absolute Gasteiger partial charge is 0.338 e. The third-order valence-electron chi connectivity index (χ3n) is 3.21. The minimum atomic E-state index is -0.711. The number of hydrogen-bond acceptors (Lipinski definition) is 5. The van der Waals surface area contributed by atoms with Crippen molar-refractivity contribution in [2.24, 2.45) is 0 Å². The fourth-order valence-electron chi connectivity index (χ4n) is 1.91. The Morgan fingerprint density at radius 3 is 2.40 bits per heavy atom. The normalized spacial score (nSPS) is 13.7. The van der Waals surface area contributed by atoms with E-state index in [1.54, 1.807) is 11.9 Å². The number of non-ortho nitro benzene ring substituents is 1. The fourth-order valence-corrected chi connectivity index (χ4v) is 1.91. The van der Waals surface area contributed by atoms with E-state index < -0.39 is 10.9 Å². The molecule has 1 saturated carbocycles. The van der Waals surface area contributed by atoms with E-state index in [0.29, 0.717) is 0 Å². The summed E-state index contributed by atoms with van der Waals surface area (Å²) in [6.07, 6.45) is 1.86. The van der Waals surface area contributed by atoms with Crippen LogP contribution in [0, 0.1) is 10.1 Å². The number of benzene rings is 1. The second kappa shape index (κ2) is 5.28. The summed E-state index contributed by atoms with van der Waals surface area (Å²) in [6, 6.07) is 3.77. The van der Waals surface area contributed by atoms with Gasteiger partial charge < -0.3 is 9.64 Å². The van der Waals surface area contributed by atoms with Crippen molar-refractivity contribution >= 4 is 17.6 Å². The number of nitro benzene ring substituents is 1. The minimum absolute atomic E-state index is 0.00533. The molecule has 0 aliphatic heterocycles. The van der Waals surface area contributed by atoms with Crippen LogP contribution in [0.2, 0.25) is 0 Å². The molecule has 0 unspecified atom stereocenters. The first-order chi connectivity index (χ1) is 9.43. The van der Waals surface area contributed by atoms with Crippen molar-refractivity contribution in [3.63, 3.8) is 0 Å². The van der Waals surface area contributed by atoms with Crippen LogP contribution in [-0.2, 0) is 4.74 Å². The molecule has 0 saturated heterocycles. The Bertz CT molecular complexity index is 580. The standard InChI is InChI=1S/C13H14N2O5/c1-14(10-3-4-10)12(16)8-5-9(13(17)20-2)7-11(6-8)15(18)19/h5-7,10H,3-4H2,1-2H3. The number of nitrogens with zero attached hydrogens (tertiary/aromatic N) is 2. The van der Waals surface area contributed by atoms with Gasteiger partial charge in [-0.2, -0.15) is 0 Å². The molecule has 1 amide bonds. The maximum atomic E-state index is 12.2. The third kappa shape index (κ3) is 2.76. The highest BCUT2D eigenvalue weighted by atomic mass is 16.6. The maximum absolute atomic E-state index is 12.2.